The minimum Gasteiger partial charge on any atom is -0.346 e. The van der Waals surface area contributed by atoms with Crippen molar-refractivity contribution < 1.29 is 9.18 Å². The minimum atomic E-state index is -0.452. The van der Waals surface area contributed by atoms with Crippen LogP contribution in [0.2, 0.25) is 0 Å². The number of nitrogens with one attached hydrogen (secondary N) is 1. The number of carbonyl (C=O) groups excluding carboxylic acids is 1. The normalized spacial score (nSPS) is 10.2. The first-order valence-corrected chi connectivity index (χ1v) is 6.45. The van der Waals surface area contributed by atoms with Crippen molar-refractivity contribution in [3.63, 3.8) is 0 Å². The van der Waals surface area contributed by atoms with Crippen molar-refractivity contribution in [1.29, 1.82) is 0 Å². The van der Waals surface area contributed by atoms with Crippen LogP contribution in [0.25, 0.3) is 0 Å². The van der Waals surface area contributed by atoms with E-state index < -0.39 is 5.82 Å². The van der Waals surface area contributed by atoms with E-state index in [1.165, 1.54) is 23.5 Å². The summed E-state index contributed by atoms with van der Waals surface area (Å²) in [5.74, 6) is -0.765. The lowest BCUT2D eigenvalue weighted by Gasteiger charge is -2.03. The van der Waals surface area contributed by atoms with E-state index in [1.54, 1.807) is 12.3 Å². The Labute approximate surface area is 110 Å². The lowest BCUT2D eigenvalue weighted by molar-refractivity contribution is 0.0950. The summed E-state index contributed by atoms with van der Waals surface area (Å²) in [5, 5.41) is 5.32. The topological polar surface area (TPSA) is 42.0 Å². The second kappa shape index (κ2) is 5.37. The number of rotatable bonds is 3. The molecule has 1 N–H and O–H groups in total. The molecule has 0 radical (unpaired) electrons. The highest BCUT2D eigenvalue weighted by Gasteiger charge is 2.08. The molecular formula is C11H8BrFN2OS. The monoisotopic (exact) mass is 314 g/mol. The van der Waals surface area contributed by atoms with Crippen molar-refractivity contribution in [1.82, 2.24) is 10.3 Å². The summed E-state index contributed by atoms with van der Waals surface area (Å²) in [6.45, 7) is 0.355. The van der Waals surface area contributed by atoms with E-state index >= 15 is 0 Å². The molecule has 2 rings (SSSR count). The van der Waals surface area contributed by atoms with E-state index in [-0.39, 0.29) is 5.91 Å². The average Bonchev–Trinajstić information content (AvgIpc) is 2.82. The lowest BCUT2D eigenvalue weighted by Crippen LogP contribution is -2.22. The maximum Gasteiger partial charge on any atom is 0.251 e. The molecule has 6 heteroatoms. The zero-order valence-corrected chi connectivity index (χ0v) is 11.0. The zero-order valence-electron chi connectivity index (χ0n) is 8.61. The van der Waals surface area contributed by atoms with Gasteiger partial charge in [0.2, 0.25) is 0 Å². The molecule has 0 unspecified atom stereocenters. The van der Waals surface area contributed by atoms with Crippen molar-refractivity contribution in [3.05, 3.63) is 50.6 Å². The molecule has 0 saturated carbocycles. The number of carbonyl (C=O) groups is 1. The predicted octanol–water partition coefficient (Wildman–Crippen LogP) is 2.97. The largest absolute Gasteiger partial charge is 0.346 e. The molecule has 0 saturated heterocycles. The van der Waals surface area contributed by atoms with Crippen LogP contribution in [0, 0.1) is 5.82 Å². The molecule has 0 bridgehead atoms. The Kier molecular flexibility index (Phi) is 3.86. The number of amides is 1. The van der Waals surface area contributed by atoms with Crippen LogP contribution in [0.4, 0.5) is 4.39 Å². The maximum absolute atomic E-state index is 13.2. The standard InChI is InChI=1S/C11H8BrFN2OS/c12-8-2-1-7(5-9(8)13)11(16)15-6-10-14-3-4-17-10/h1-5H,6H2,(H,15,16). The van der Waals surface area contributed by atoms with Gasteiger partial charge in [-0.2, -0.15) is 0 Å². The Hall–Kier alpha value is -1.27. The number of nitrogens with zero attached hydrogens (tertiary/aromatic N) is 1. The van der Waals surface area contributed by atoms with Crippen molar-refractivity contribution in [2.45, 2.75) is 6.54 Å². The van der Waals surface area contributed by atoms with Gasteiger partial charge < -0.3 is 5.32 Å². The third kappa shape index (κ3) is 3.10. The molecule has 2 aromatic rings. The van der Waals surface area contributed by atoms with Crippen LogP contribution in [0.5, 0.6) is 0 Å². The van der Waals surface area contributed by atoms with Crippen LogP contribution in [-0.2, 0) is 6.54 Å². The number of aromatic nitrogens is 1. The summed E-state index contributed by atoms with van der Waals surface area (Å²) >= 11 is 4.49. The Bertz CT molecular complexity index is 530. The molecule has 0 fully saturated rings. The number of halogens is 2. The Morgan fingerprint density at radius 3 is 3.00 bits per heavy atom. The molecule has 17 heavy (non-hydrogen) atoms. The van der Waals surface area contributed by atoms with Crippen LogP contribution in [0.15, 0.2) is 34.2 Å². The molecule has 1 aromatic carbocycles. The fraction of sp³-hybridized carbons (Fsp3) is 0.0909. The van der Waals surface area contributed by atoms with Crippen LogP contribution in [0.1, 0.15) is 15.4 Å². The molecule has 0 aliphatic heterocycles. The van der Waals surface area contributed by atoms with Gasteiger partial charge in [0, 0.05) is 17.1 Å². The third-order valence-electron chi connectivity index (χ3n) is 2.07. The van der Waals surface area contributed by atoms with Gasteiger partial charge in [0.25, 0.3) is 5.91 Å². The highest BCUT2D eigenvalue weighted by molar-refractivity contribution is 9.10. The SMILES string of the molecule is O=C(NCc1nccs1)c1ccc(Br)c(F)c1. The van der Waals surface area contributed by atoms with E-state index in [2.05, 4.69) is 26.2 Å². The molecular weight excluding hydrogens is 307 g/mol. The molecule has 0 aliphatic rings. The highest BCUT2D eigenvalue weighted by Crippen LogP contribution is 2.16. The van der Waals surface area contributed by atoms with Gasteiger partial charge in [-0.25, -0.2) is 9.37 Å². The van der Waals surface area contributed by atoms with Gasteiger partial charge in [-0.15, -0.1) is 11.3 Å². The number of hydrogen-bond acceptors (Lipinski definition) is 3. The summed E-state index contributed by atoms with van der Waals surface area (Å²) in [7, 11) is 0. The van der Waals surface area contributed by atoms with Crippen LogP contribution >= 0.6 is 27.3 Å². The Balaban J connectivity index is 2.02. The van der Waals surface area contributed by atoms with E-state index in [4.69, 9.17) is 0 Å². The Morgan fingerprint density at radius 1 is 1.53 bits per heavy atom. The second-order valence-electron chi connectivity index (χ2n) is 3.24. The van der Waals surface area contributed by atoms with E-state index in [1.807, 2.05) is 5.38 Å². The van der Waals surface area contributed by atoms with Gasteiger partial charge in [-0.05, 0) is 34.1 Å². The van der Waals surface area contributed by atoms with Crippen LogP contribution in [-0.4, -0.2) is 10.9 Å². The van der Waals surface area contributed by atoms with Gasteiger partial charge in [0.1, 0.15) is 10.8 Å². The number of thiazole rings is 1. The number of benzene rings is 1. The third-order valence-corrected chi connectivity index (χ3v) is 3.49. The first-order valence-electron chi connectivity index (χ1n) is 4.78. The van der Waals surface area contributed by atoms with Crippen molar-refractivity contribution in [2.24, 2.45) is 0 Å². The van der Waals surface area contributed by atoms with Gasteiger partial charge in [-0.3, -0.25) is 4.79 Å². The second-order valence-corrected chi connectivity index (χ2v) is 5.07. The van der Waals surface area contributed by atoms with Crippen LogP contribution < -0.4 is 5.32 Å². The minimum absolute atomic E-state index is 0.294. The van der Waals surface area contributed by atoms with Gasteiger partial charge in [0.05, 0.1) is 11.0 Å². The van der Waals surface area contributed by atoms with Crippen molar-refractivity contribution >= 4 is 33.2 Å². The smallest absolute Gasteiger partial charge is 0.251 e. The zero-order chi connectivity index (χ0) is 12.3. The first kappa shape index (κ1) is 12.2. The molecule has 3 nitrogen and oxygen atoms in total. The quantitative estimate of drug-likeness (QED) is 0.946. The number of hydrogen-bond donors (Lipinski definition) is 1. The maximum atomic E-state index is 13.2. The van der Waals surface area contributed by atoms with Crippen molar-refractivity contribution in [2.75, 3.05) is 0 Å². The van der Waals surface area contributed by atoms with Crippen LogP contribution in [0.3, 0.4) is 0 Å². The molecule has 1 amide bonds. The summed E-state index contributed by atoms with van der Waals surface area (Å²) < 4.78 is 13.6. The molecule has 88 valence electrons. The summed E-state index contributed by atoms with van der Waals surface area (Å²) in [5.41, 5.74) is 0.294. The van der Waals surface area contributed by atoms with E-state index in [0.717, 1.165) is 5.01 Å². The fourth-order valence-corrected chi connectivity index (χ4v) is 2.04. The molecule has 1 aromatic heterocycles. The predicted molar refractivity (Wildman–Crippen MR) is 67.4 cm³/mol. The lowest BCUT2D eigenvalue weighted by atomic mass is 10.2. The van der Waals surface area contributed by atoms with Gasteiger partial charge in [0.15, 0.2) is 0 Å². The summed E-state index contributed by atoms with van der Waals surface area (Å²) in [4.78, 5) is 15.7. The Morgan fingerprint density at radius 2 is 2.35 bits per heavy atom. The molecule has 0 atom stereocenters. The average molecular weight is 315 g/mol. The molecule has 1 heterocycles. The fourth-order valence-electron chi connectivity index (χ4n) is 1.24. The van der Waals surface area contributed by atoms with E-state index in [0.29, 0.717) is 16.6 Å². The first-order chi connectivity index (χ1) is 8.16. The molecule has 0 spiro atoms. The van der Waals surface area contributed by atoms with Gasteiger partial charge >= 0.3 is 0 Å². The van der Waals surface area contributed by atoms with Gasteiger partial charge in [-0.1, -0.05) is 0 Å². The summed E-state index contributed by atoms with van der Waals surface area (Å²) in [6.07, 6.45) is 1.67. The van der Waals surface area contributed by atoms with Crippen molar-refractivity contribution in [3.8, 4) is 0 Å². The highest BCUT2D eigenvalue weighted by atomic mass is 79.9. The van der Waals surface area contributed by atoms with E-state index in [9.17, 15) is 9.18 Å². The summed E-state index contributed by atoms with van der Waals surface area (Å²) in [6, 6.07) is 4.26. The molecule has 0 aliphatic carbocycles.